The molecule has 0 aliphatic rings. The van der Waals surface area contributed by atoms with Crippen LogP contribution in [0.5, 0.6) is 5.75 Å². The molecule has 9 heteroatoms. The third-order valence-corrected chi connectivity index (χ3v) is 4.70. The van der Waals surface area contributed by atoms with Crippen LogP contribution in [0.15, 0.2) is 47.0 Å². The summed E-state index contributed by atoms with van der Waals surface area (Å²) in [5.74, 6) is 0.933. The highest BCUT2D eigenvalue weighted by Gasteiger charge is 2.17. The molecular formula is C21H19ClN4O4. The summed E-state index contributed by atoms with van der Waals surface area (Å²) in [6.07, 6.45) is 0. The smallest absolute Gasteiger partial charge is 0.221 e. The maximum atomic E-state index is 11.1. The first-order valence-corrected chi connectivity index (χ1v) is 9.57. The van der Waals surface area contributed by atoms with Crippen molar-refractivity contribution < 1.29 is 18.8 Å². The molecule has 0 aliphatic heterocycles. The van der Waals surface area contributed by atoms with Crippen LogP contribution in [0.4, 0.5) is 5.69 Å². The fourth-order valence-corrected chi connectivity index (χ4v) is 3.22. The van der Waals surface area contributed by atoms with E-state index in [1.165, 1.54) is 6.92 Å². The Bertz CT molecular complexity index is 1180. The second-order valence-electron chi connectivity index (χ2n) is 6.58. The summed E-state index contributed by atoms with van der Waals surface area (Å²) in [6, 6.07) is 12.7. The second kappa shape index (κ2) is 8.56. The van der Waals surface area contributed by atoms with Crippen LogP contribution in [0.1, 0.15) is 6.92 Å². The highest BCUT2D eigenvalue weighted by atomic mass is 35.5. The number of amides is 1. The highest BCUT2D eigenvalue weighted by molar-refractivity contribution is 6.33. The lowest BCUT2D eigenvalue weighted by Crippen LogP contribution is -2.05. The Morgan fingerprint density at radius 1 is 1.20 bits per heavy atom. The van der Waals surface area contributed by atoms with E-state index in [0.717, 1.165) is 16.5 Å². The summed E-state index contributed by atoms with van der Waals surface area (Å²) in [6.45, 7) is 2.33. The summed E-state index contributed by atoms with van der Waals surface area (Å²) >= 11 is 6.37. The topological polar surface area (TPSA) is 102 Å². The number of hydrogen-bond acceptors (Lipinski definition) is 6. The minimum absolute atomic E-state index is 0.122. The predicted molar refractivity (Wildman–Crippen MR) is 114 cm³/mol. The zero-order valence-corrected chi connectivity index (χ0v) is 17.1. The van der Waals surface area contributed by atoms with Gasteiger partial charge in [0.25, 0.3) is 0 Å². The van der Waals surface area contributed by atoms with Gasteiger partial charge in [-0.3, -0.25) is 9.89 Å². The van der Waals surface area contributed by atoms with Crippen LogP contribution in [0, 0.1) is 0 Å². The van der Waals surface area contributed by atoms with Crippen molar-refractivity contribution in [3.63, 3.8) is 0 Å². The quantitative estimate of drug-likeness (QED) is 0.421. The molecule has 0 unspecified atom stereocenters. The Balaban J connectivity index is 1.60. The van der Waals surface area contributed by atoms with Crippen molar-refractivity contribution in [2.45, 2.75) is 6.92 Å². The summed E-state index contributed by atoms with van der Waals surface area (Å²) in [5, 5.41) is 15.5. The van der Waals surface area contributed by atoms with Crippen molar-refractivity contribution in [1.29, 1.82) is 0 Å². The average Bonchev–Trinajstić information content (AvgIpc) is 3.35. The molecule has 0 bridgehead atoms. The van der Waals surface area contributed by atoms with E-state index in [4.69, 9.17) is 25.6 Å². The number of anilines is 1. The molecule has 4 aromatic rings. The fraction of sp³-hybridized carbons (Fsp3) is 0.190. The van der Waals surface area contributed by atoms with Crippen LogP contribution < -0.4 is 10.1 Å². The normalized spacial score (nSPS) is 11.0. The number of rotatable bonds is 7. The number of nitrogens with zero attached hydrogens (tertiary/aromatic N) is 2. The number of aromatic nitrogens is 3. The standard InChI is InChI=1S/C21H19ClN4O4/c1-12(27)23-14-5-3-13(4-6-14)17-10-20(30-26-17)21-15-9-16(22)19(29-8-7-28-2)11-18(15)24-25-21/h3-6,9-11H,7-8H2,1-2H3,(H,23,27)(H,24,25). The minimum atomic E-state index is -0.122. The molecule has 1 amide bonds. The monoisotopic (exact) mass is 426 g/mol. The average molecular weight is 427 g/mol. The van der Waals surface area contributed by atoms with E-state index < -0.39 is 0 Å². The number of halogens is 1. The number of methoxy groups -OCH3 is 1. The summed E-state index contributed by atoms with van der Waals surface area (Å²) in [5.41, 5.74) is 3.58. The number of carbonyl (C=O) groups excluding carboxylic acids is 1. The van der Waals surface area contributed by atoms with E-state index in [1.54, 1.807) is 37.4 Å². The van der Waals surface area contributed by atoms with Crippen molar-refractivity contribution in [1.82, 2.24) is 15.4 Å². The first kappa shape index (κ1) is 19.9. The van der Waals surface area contributed by atoms with Crippen molar-refractivity contribution in [3.8, 4) is 28.5 Å². The number of ether oxygens (including phenoxy) is 2. The van der Waals surface area contributed by atoms with Gasteiger partial charge in [-0.05, 0) is 18.2 Å². The van der Waals surface area contributed by atoms with Crippen LogP contribution in [-0.2, 0) is 9.53 Å². The number of aromatic amines is 1. The van der Waals surface area contributed by atoms with E-state index in [-0.39, 0.29) is 5.91 Å². The summed E-state index contributed by atoms with van der Waals surface area (Å²) in [4.78, 5) is 11.1. The lowest BCUT2D eigenvalue weighted by molar-refractivity contribution is -0.114. The molecule has 154 valence electrons. The van der Waals surface area contributed by atoms with Crippen LogP contribution in [0.3, 0.4) is 0 Å². The molecule has 30 heavy (non-hydrogen) atoms. The largest absolute Gasteiger partial charge is 0.490 e. The molecule has 0 radical (unpaired) electrons. The van der Waals surface area contributed by atoms with E-state index in [0.29, 0.717) is 46.8 Å². The Morgan fingerprint density at radius 2 is 2.00 bits per heavy atom. The molecule has 0 saturated heterocycles. The van der Waals surface area contributed by atoms with Crippen LogP contribution in [-0.4, -0.2) is 41.6 Å². The van der Waals surface area contributed by atoms with Crippen molar-refractivity contribution >= 4 is 34.1 Å². The van der Waals surface area contributed by atoms with Gasteiger partial charge in [-0.15, -0.1) is 0 Å². The van der Waals surface area contributed by atoms with E-state index in [2.05, 4.69) is 20.7 Å². The molecule has 0 atom stereocenters. The summed E-state index contributed by atoms with van der Waals surface area (Å²) < 4.78 is 16.1. The first-order chi connectivity index (χ1) is 14.5. The first-order valence-electron chi connectivity index (χ1n) is 9.19. The molecule has 0 fully saturated rings. The lowest BCUT2D eigenvalue weighted by atomic mass is 10.1. The number of benzene rings is 2. The van der Waals surface area contributed by atoms with Crippen molar-refractivity contribution in [2.24, 2.45) is 0 Å². The molecule has 2 aromatic heterocycles. The van der Waals surface area contributed by atoms with Gasteiger partial charge in [0, 0.05) is 42.8 Å². The van der Waals surface area contributed by atoms with Gasteiger partial charge >= 0.3 is 0 Å². The van der Waals surface area contributed by atoms with Crippen LogP contribution >= 0.6 is 11.6 Å². The molecule has 4 rings (SSSR count). The number of carbonyl (C=O) groups is 1. The van der Waals surface area contributed by atoms with Gasteiger partial charge in [-0.2, -0.15) is 5.10 Å². The van der Waals surface area contributed by atoms with E-state index in [1.807, 2.05) is 12.1 Å². The zero-order chi connectivity index (χ0) is 21.1. The number of nitrogens with one attached hydrogen (secondary N) is 2. The number of H-pyrrole nitrogens is 1. The Kier molecular flexibility index (Phi) is 5.69. The van der Waals surface area contributed by atoms with Gasteiger partial charge in [0.15, 0.2) is 5.76 Å². The third-order valence-electron chi connectivity index (χ3n) is 4.40. The van der Waals surface area contributed by atoms with E-state index in [9.17, 15) is 4.79 Å². The van der Waals surface area contributed by atoms with Crippen LogP contribution in [0.2, 0.25) is 5.02 Å². The molecule has 2 heterocycles. The molecule has 2 aromatic carbocycles. The second-order valence-corrected chi connectivity index (χ2v) is 6.98. The molecule has 0 aliphatic carbocycles. The molecule has 2 N–H and O–H groups in total. The van der Waals surface area contributed by atoms with Gasteiger partial charge < -0.3 is 19.3 Å². The molecule has 0 spiro atoms. The third kappa shape index (κ3) is 4.14. The van der Waals surface area contributed by atoms with Gasteiger partial charge in [0.05, 0.1) is 17.1 Å². The Hall–Kier alpha value is -3.36. The predicted octanol–water partition coefficient (Wildman–Crippen LogP) is 4.52. The summed E-state index contributed by atoms with van der Waals surface area (Å²) in [7, 11) is 1.61. The molecular weight excluding hydrogens is 408 g/mol. The molecule has 8 nitrogen and oxygen atoms in total. The van der Waals surface area contributed by atoms with Crippen molar-refractivity contribution in [3.05, 3.63) is 47.5 Å². The minimum Gasteiger partial charge on any atom is -0.490 e. The van der Waals surface area contributed by atoms with Crippen LogP contribution in [0.25, 0.3) is 33.6 Å². The van der Waals surface area contributed by atoms with Gasteiger partial charge in [0.2, 0.25) is 5.91 Å². The lowest BCUT2D eigenvalue weighted by Gasteiger charge is -2.07. The maximum absolute atomic E-state index is 11.1. The molecule has 0 saturated carbocycles. The Morgan fingerprint density at radius 3 is 2.73 bits per heavy atom. The number of hydrogen-bond donors (Lipinski definition) is 2. The van der Waals surface area contributed by atoms with Crippen molar-refractivity contribution in [2.75, 3.05) is 25.6 Å². The highest BCUT2D eigenvalue weighted by Crippen LogP contribution is 2.35. The van der Waals surface area contributed by atoms with Gasteiger partial charge in [-0.25, -0.2) is 0 Å². The Labute approximate surface area is 177 Å². The van der Waals surface area contributed by atoms with E-state index >= 15 is 0 Å². The van der Waals surface area contributed by atoms with Gasteiger partial charge in [-0.1, -0.05) is 28.9 Å². The zero-order valence-electron chi connectivity index (χ0n) is 16.4. The number of fused-ring (bicyclic) bond motifs is 1. The van der Waals surface area contributed by atoms with Gasteiger partial charge in [0.1, 0.15) is 23.7 Å². The SMILES string of the molecule is COCCOc1cc2[nH]nc(-c3cc(-c4ccc(NC(C)=O)cc4)no3)c2cc1Cl. The maximum Gasteiger partial charge on any atom is 0.221 e. The fourth-order valence-electron chi connectivity index (χ4n) is 3.00.